The zero-order valence-electron chi connectivity index (χ0n) is 14.8. The summed E-state index contributed by atoms with van der Waals surface area (Å²) in [7, 11) is 0. The van der Waals surface area contributed by atoms with E-state index in [1.165, 1.54) is 30.6 Å². The van der Waals surface area contributed by atoms with Crippen molar-refractivity contribution in [3.63, 3.8) is 0 Å². The maximum absolute atomic E-state index is 5.21. The molecule has 2 N–H and O–H groups in total. The van der Waals surface area contributed by atoms with E-state index < -0.39 is 0 Å². The van der Waals surface area contributed by atoms with Crippen LogP contribution < -0.4 is 10.6 Å². The summed E-state index contributed by atoms with van der Waals surface area (Å²) in [6.07, 6.45) is 4.67. The Morgan fingerprint density at radius 1 is 1.35 bits per heavy atom. The number of nitrogens with one attached hydrogen (secondary N) is 2. The Bertz CT molecular complexity index is 495. The monoisotopic (exact) mass is 338 g/mol. The van der Waals surface area contributed by atoms with Gasteiger partial charge in [0, 0.05) is 29.9 Å². The van der Waals surface area contributed by atoms with Gasteiger partial charge >= 0.3 is 0 Å². The summed E-state index contributed by atoms with van der Waals surface area (Å²) in [6, 6.07) is 0.552. The van der Waals surface area contributed by atoms with Crippen LogP contribution in [0.5, 0.6) is 0 Å². The molecular formula is C17H30N4OS. The Morgan fingerprint density at radius 2 is 2.17 bits per heavy atom. The fraction of sp³-hybridized carbons (Fsp3) is 0.765. The Kier molecular flexibility index (Phi) is 7.27. The quantitative estimate of drug-likeness (QED) is 0.591. The lowest BCUT2D eigenvalue weighted by Crippen LogP contribution is -2.42. The van der Waals surface area contributed by atoms with Crippen molar-refractivity contribution in [2.75, 3.05) is 18.8 Å². The maximum Gasteiger partial charge on any atom is 0.191 e. The summed E-state index contributed by atoms with van der Waals surface area (Å²) >= 11 is 2.08. The van der Waals surface area contributed by atoms with Crippen molar-refractivity contribution >= 4 is 17.7 Å². The number of aromatic nitrogens is 1. The average Bonchev–Trinajstić information content (AvgIpc) is 3.08. The van der Waals surface area contributed by atoms with Crippen molar-refractivity contribution in [1.29, 1.82) is 0 Å². The van der Waals surface area contributed by atoms with Crippen LogP contribution in [0, 0.1) is 13.8 Å². The fourth-order valence-electron chi connectivity index (χ4n) is 3.11. The first-order valence-corrected chi connectivity index (χ1v) is 9.77. The van der Waals surface area contributed by atoms with Gasteiger partial charge in [0.15, 0.2) is 5.96 Å². The molecule has 1 aromatic rings. The number of hydrogen-bond donors (Lipinski definition) is 2. The third-order valence-electron chi connectivity index (χ3n) is 4.28. The van der Waals surface area contributed by atoms with Crippen LogP contribution in [0.1, 0.15) is 50.1 Å². The highest BCUT2D eigenvalue weighted by atomic mass is 32.2. The molecule has 23 heavy (non-hydrogen) atoms. The van der Waals surface area contributed by atoms with Gasteiger partial charge < -0.3 is 15.2 Å². The van der Waals surface area contributed by atoms with Gasteiger partial charge in [-0.3, -0.25) is 4.99 Å². The van der Waals surface area contributed by atoms with Gasteiger partial charge in [-0.25, -0.2) is 0 Å². The summed E-state index contributed by atoms with van der Waals surface area (Å²) in [6.45, 7) is 9.94. The minimum Gasteiger partial charge on any atom is -0.361 e. The molecule has 1 fully saturated rings. The summed E-state index contributed by atoms with van der Waals surface area (Å²) in [5.74, 6) is 3.06. The molecule has 2 unspecified atom stereocenters. The number of nitrogens with zero attached hydrogens (tertiary/aromatic N) is 2. The lowest BCUT2D eigenvalue weighted by molar-refractivity contribution is 0.392. The molecule has 1 heterocycles. The second kappa shape index (κ2) is 9.21. The molecule has 130 valence electrons. The zero-order valence-corrected chi connectivity index (χ0v) is 15.6. The number of thioether (sulfide) groups is 1. The number of guanidine groups is 1. The number of aliphatic imine (C=N–C) groups is 1. The Balaban J connectivity index is 1.85. The molecule has 2 rings (SSSR count). The van der Waals surface area contributed by atoms with E-state index in [-0.39, 0.29) is 0 Å². The van der Waals surface area contributed by atoms with E-state index in [1.807, 2.05) is 13.8 Å². The highest BCUT2D eigenvalue weighted by Crippen LogP contribution is 2.29. The van der Waals surface area contributed by atoms with Crippen molar-refractivity contribution in [3.05, 3.63) is 17.0 Å². The molecule has 1 aliphatic carbocycles. The van der Waals surface area contributed by atoms with E-state index in [4.69, 9.17) is 9.52 Å². The highest BCUT2D eigenvalue weighted by Gasteiger charge is 2.25. The first-order valence-electron chi connectivity index (χ1n) is 8.72. The second-order valence-corrected chi connectivity index (χ2v) is 7.62. The van der Waals surface area contributed by atoms with Gasteiger partial charge in [0.05, 0.1) is 5.69 Å². The second-order valence-electron chi connectivity index (χ2n) is 6.05. The van der Waals surface area contributed by atoms with Crippen molar-refractivity contribution in [2.24, 2.45) is 4.99 Å². The van der Waals surface area contributed by atoms with Gasteiger partial charge in [-0.1, -0.05) is 12.1 Å². The molecule has 5 nitrogen and oxygen atoms in total. The van der Waals surface area contributed by atoms with Crippen molar-refractivity contribution in [2.45, 2.75) is 64.7 Å². The molecule has 0 spiro atoms. The first kappa shape index (κ1) is 18.2. The number of aryl methyl sites for hydroxylation is 2. The Labute approximate surface area is 144 Å². The molecule has 6 heteroatoms. The third-order valence-corrected chi connectivity index (χ3v) is 5.52. The van der Waals surface area contributed by atoms with E-state index in [9.17, 15) is 0 Å². The van der Waals surface area contributed by atoms with Crippen LogP contribution in [0.25, 0.3) is 0 Å². The van der Waals surface area contributed by atoms with Crippen LogP contribution in [-0.2, 0) is 6.42 Å². The molecule has 2 atom stereocenters. The third kappa shape index (κ3) is 5.44. The van der Waals surface area contributed by atoms with Crippen LogP contribution in [0.2, 0.25) is 0 Å². The van der Waals surface area contributed by atoms with Gasteiger partial charge in [0.2, 0.25) is 0 Å². The van der Waals surface area contributed by atoms with E-state index in [2.05, 4.69) is 41.4 Å². The topological polar surface area (TPSA) is 62.5 Å². The predicted octanol–water partition coefficient (Wildman–Crippen LogP) is 3.06. The average molecular weight is 339 g/mol. The molecule has 0 aliphatic heterocycles. The van der Waals surface area contributed by atoms with Crippen LogP contribution in [0.15, 0.2) is 9.52 Å². The van der Waals surface area contributed by atoms with Gasteiger partial charge in [0.1, 0.15) is 5.76 Å². The molecular weight excluding hydrogens is 308 g/mol. The fourth-order valence-corrected chi connectivity index (χ4v) is 4.25. The Morgan fingerprint density at radius 3 is 2.83 bits per heavy atom. The van der Waals surface area contributed by atoms with E-state index in [0.29, 0.717) is 6.04 Å². The van der Waals surface area contributed by atoms with Crippen molar-refractivity contribution < 1.29 is 4.52 Å². The van der Waals surface area contributed by atoms with Gasteiger partial charge in [0.25, 0.3) is 0 Å². The SMILES string of the molecule is CCNC(=NCCc1c(C)noc1C)NC1CCC(SCC)C1. The van der Waals surface area contributed by atoms with Gasteiger partial charge in [-0.2, -0.15) is 11.8 Å². The molecule has 1 saturated carbocycles. The number of rotatable bonds is 7. The number of hydrogen-bond acceptors (Lipinski definition) is 4. The molecule has 0 saturated heterocycles. The van der Waals surface area contributed by atoms with E-state index in [0.717, 1.165) is 42.2 Å². The summed E-state index contributed by atoms with van der Waals surface area (Å²) in [4.78, 5) is 4.72. The van der Waals surface area contributed by atoms with Crippen LogP contribution in [-0.4, -0.2) is 41.3 Å². The highest BCUT2D eigenvalue weighted by molar-refractivity contribution is 7.99. The molecule has 0 aromatic carbocycles. The zero-order chi connectivity index (χ0) is 16.7. The lowest BCUT2D eigenvalue weighted by Gasteiger charge is -2.17. The normalized spacial score (nSPS) is 21.7. The Hall–Kier alpha value is -1.17. The van der Waals surface area contributed by atoms with Crippen molar-refractivity contribution in [3.8, 4) is 0 Å². The lowest BCUT2D eigenvalue weighted by atomic mass is 10.1. The molecule has 0 radical (unpaired) electrons. The standard InChI is InChI=1S/C17H30N4OS/c1-5-18-17(20-14-7-8-15(11-14)23-6-2)19-10-9-16-12(3)21-22-13(16)4/h14-15H,5-11H2,1-4H3,(H2,18,19,20). The maximum atomic E-state index is 5.21. The van der Waals surface area contributed by atoms with Crippen LogP contribution >= 0.6 is 11.8 Å². The largest absolute Gasteiger partial charge is 0.361 e. The van der Waals surface area contributed by atoms with Crippen LogP contribution in [0.4, 0.5) is 0 Å². The molecule has 1 aliphatic rings. The minimum absolute atomic E-state index is 0.552. The summed E-state index contributed by atoms with van der Waals surface area (Å²) < 4.78 is 5.21. The molecule has 0 amide bonds. The molecule has 0 bridgehead atoms. The molecule has 1 aromatic heterocycles. The summed E-state index contributed by atoms with van der Waals surface area (Å²) in [5.41, 5.74) is 2.16. The smallest absolute Gasteiger partial charge is 0.191 e. The van der Waals surface area contributed by atoms with Crippen molar-refractivity contribution in [1.82, 2.24) is 15.8 Å². The van der Waals surface area contributed by atoms with E-state index >= 15 is 0 Å². The van der Waals surface area contributed by atoms with Gasteiger partial charge in [-0.05, 0) is 52.2 Å². The first-order chi connectivity index (χ1) is 11.1. The predicted molar refractivity (Wildman–Crippen MR) is 98.4 cm³/mol. The summed E-state index contributed by atoms with van der Waals surface area (Å²) in [5, 5.41) is 11.8. The van der Waals surface area contributed by atoms with Gasteiger partial charge in [-0.15, -0.1) is 0 Å². The minimum atomic E-state index is 0.552. The van der Waals surface area contributed by atoms with Crippen LogP contribution in [0.3, 0.4) is 0 Å². The van der Waals surface area contributed by atoms with E-state index in [1.54, 1.807) is 0 Å².